The fourth-order valence-corrected chi connectivity index (χ4v) is 1.18. The molecule has 1 aromatic heterocycles. The first-order chi connectivity index (χ1) is 6.27. The van der Waals surface area contributed by atoms with Crippen LogP contribution in [0.4, 0.5) is 4.39 Å². The molecule has 1 aromatic carbocycles. The van der Waals surface area contributed by atoms with E-state index < -0.39 is 6.36 Å². The highest BCUT2D eigenvalue weighted by molar-refractivity contribution is 5.78. The molecule has 65 valence electrons. The number of rotatable bonds is 1. The number of hydrogen-bond donors (Lipinski definition) is 1. The zero-order chi connectivity index (χ0) is 9.26. The maximum atomic E-state index is 12.4. The zero-order valence-electron chi connectivity index (χ0n) is 6.74. The lowest BCUT2D eigenvalue weighted by molar-refractivity contribution is 0.195. The Hall–Kier alpha value is -1.48. The van der Waals surface area contributed by atoms with E-state index in [1.54, 1.807) is 12.1 Å². The summed E-state index contributed by atoms with van der Waals surface area (Å²) in [5, 5.41) is 9.49. The van der Waals surface area contributed by atoms with Gasteiger partial charge < -0.3 is 5.11 Å². The summed E-state index contributed by atoms with van der Waals surface area (Å²) in [6.07, 6.45) is -1.24. The third kappa shape index (κ3) is 1.51. The number of aromatic nitrogens is 1. The maximum absolute atomic E-state index is 12.4. The predicted molar refractivity (Wildman–Crippen MR) is 47.1 cm³/mol. The molecule has 0 saturated carbocycles. The number of benzene rings is 1. The average molecular weight is 176 g/mol. The van der Waals surface area contributed by atoms with Crippen molar-refractivity contribution in [3.63, 3.8) is 0 Å². The lowest BCUT2D eigenvalue weighted by atomic mass is 10.2. The minimum Gasteiger partial charge on any atom is -0.352 e. The summed E-state index contributed by atoms with van der Waals surface area (Å²) in [6.45, 7) is 0. The SMILES string of the molecule is O[C](F)c1ccc2ccccc2n1. The normalized spacial score (nSPS) is 11.0. The van der Waals surface area contributed by atoms with Gasteiger partial charge in [0.1, 0.15) is 5.69 Å². The fraction of sp³-hybridized carbons (Fsp3) is 0. The molecule has 2 aromatic rings. The summed E-state index contributed by atoms with van der Waals surface area (Å²) in [4.78, 5) is 3.91. The topological polar surface area (TPSA) is 33.1 Å². The fourth-order valence-electron chi connectivity index (χ4n) is 1.18. The standard InChI is InChI=1S/C10H7FNO/c11-10(13)9-6-5-7-3-1-2-4-8(7)12-9/h1-6,13H. The smallest absolute Gasteiger partial charge is 0.315 e. The van der Waals surface area contributed by atoms with Crippen LogP contribution in [0.3, 0.4) is 0 Å². The quantitative estimate of drug-likeness (QED) is 0.723. The van der Waals surface area contributed by atoms with E-state index >= 15 is 0 Å². The monoisotopic (exact) mass is 176 g/mol. The Morgan fingerprint density at radius 2 is 1.92 bits per heavy atom. The van der Waals surface area contributed by atoms with Gasteiger partial charge in [-0.1, -0.05) is 24.3 Å². The van der Waals surface area contributed by atoms with Crippen molar-refractivity contribution < 1.29 is 9.50 Å². The first-order valence-corrected chi connectivity index (χ1v) is 3.85. The summed E-state index contributed by atoms with van der Waals surface area (Å²) in [7, 11) is 0. The molecule has 0 aliphatic heterocycles. The Balaban J connectivity index is 2.62. The van der Waals surface area contributed by atoms with E-state index in [2.05, 4.69) is 4.98 Å². The van der Waals surface area contributed by atoms with Crippen LogP contribution in [0, 0.1) is 6.36 Å². The highest BCUT2D eigenvalue weighted by atomic mass is 19.1. The summed E-state index contributed by atoms with van der Waals surface area (Å²) in [5.74, 6) is 0. The average Bonchev–Trinajstić information content (AvgIpc) is 2.17. The van der Waals surface area contributed by atoms with Crippen molar-refractivity contribution in [2.45, 2.75) is 0 Å². The Bertz CT molecular complexity index is 428. The van der Waals surface area contributed by atoms with E-state index in [0.29, 0.717) is 5.52 Å². The van der Waals surface area contributed by atoms with Crippen molar-refractivity contribution in [1.82, 2.24) is 4.98 Å². The van der Waals surface area contributed by atoms with Gasteiger partial charge in [0, 0.05) is 5.39 Å². The van der Waals surface area contributed by atoms with Gasteiger partial charge in [0.15, 0.2) is 0 Å². The van der Waals surface area contributed by atoms with Crippen LogP contribution in [0.2, 0.25) is 0 Å². The van der Waals surface area contributed by atoms with Crippen molar-refractivity contribution in [1.29, 1.82) is 0 Å². The van der Waals surface area contributed by atoms with Crippen LogP contribution in [0.25, 0.3) is 10.9 Å². The molecule has 0 bridgehead atoms. The third-order valence-corrected chi connectivity index (χ3v) is 1.81. The van der Waals surface area contributed by atoms with Gasteiger partial charge in [0.2, 0.25) is 0 Å². The molecule has 0 saturated heterocycles. The second-order valence-corrected chi connectivity index (χ2v) is 2.68. The molecule has 3 heteroatoms. The van der Waals surface area contributed by atoms with Crippen molar-refractivity contribution in [3.8, 4) is 0 Å². The van der Waals surface area contributed by atoms with Crippen LogP contribution in [-0.4, -0.2) is 10.1 Å². The van der Waals surface area contributed by atoms with E-state index in [1.807, 2.05) is 18.2 Å². The first-order valence-electron chi connectivity index (χ1n) is 3.85. The lowest BCUT2D eigenvalue weighted by Gasteiger charge is -2.00. The van der Waals surface area contributed by atoms with Crippen molar-refractivity contribution in [2.75, 3.05) is 0 Å². The highest BCUT2D eigenvalue weighted by Gasteiger charge is 2.08. The third-order valence-electron chi connectivity index (χ3n) is 1.81. The van der Waals surface area contributed by atoms with Crippen molar-refractivity contribution >= 4 is 10.9 Å². The number of para-hydroxylation sites is 1. The molecule has 0 spiro atoms. The Kier molecular flexibility index (Phi) is 1.94. The first kappa shape index (κ1) is 8.13. The van der Waals surface area contributed by atoms with Gasteiger partial charge in [-0.25, -0.2) is 4.98 Å². The summed E-state index contributed by atoms with van der Waals surface area (Å²) >= 11 is 0. The molecule has 0 aliphatic rings. The van der Waals surface area contributed by atoms with Crippen LogP contribution in [0.15, 0.2) is 36.4 Å². The Morgan fingerprint density at radius 1 is 1.15 bits per heavy atom. The number of pyridine rings is 1. The molecule has 2 nitrogen and oxygen atoms in total. The lowest BCUT2D eigenvalue weighted by Crippen LogP contribution is -1.94. The molecule has 1 radical (unpaired) electrons. The molecule has 0 amide bonds. The molecule has 13 heavy (non-hydrogen) atoms. The molecule has 0 fully saturated rings. The molecule has 2 rings (SSSR count). The summed E-state index contributed by atoms with van der Waals surface area (Å²) in [6, 6.07) is 10.5. The van der Waals surface area contributed by atoms with Crippen LogP contribution in [0.5, 0.6) is 0 Å². The largest absolute Gasteiger partial charge is 0.352 e. The molecule has 0 aliphatic carbocycles. The number of fused-ring (bicyclic) bond motifs is 1. The second kappa shape index (κ2) is 3.11. The molecule has 0 atom stereocenters. The van der Waals surface area contributed by atoms with E-state index in [-0.39, 0.29) is 5.69 Å². The molecular weight excluding hydrogens is 169 g/mol. The van der Waals surface area contributed by atoms with Gasteiger partial charge >= 0.3 is 6.36 Å². The van der Waals surface area contributed by atoms with Gasteiger partial charge in [0.25, 0.3) is 0 Å². The van der Waals surface area contributed by atoms with Crippen molar-refractivity contribution in [2.24, 2.45) is 0 Å². The number of aliphatic hydroxyl groups excluding tert-OH is 1. The van der Waals surface area contributed by atoms with Crippen LogP contribution in [0.1, 0.15) is 5.69 Å². The number of aliphatic hydroxyl groups is 1. The maximum Gasteiger partial charge on any atom is 0.315 e. The summed E-state index contributed by atoms with van der Waals surface area (Å²) < 4.78 is 12.4. The Labute approximate surface area is 74.7 Å². The van der Waals surface area contributed by atoms with Gasteiger partial charge in [0.05, 0.1) is 5.52 Å². The predicted octanol–water partition coefficient (Wildman–Crippen LogP) is 2.41. The van der Waals surface area contributed by atoms with Crippen LogP contribution < -0.4 is 0 Å². The highest BCUT2D eigenvalue weighted by Crippen LogP contribution is 2.16. The van der Waals surface area contributed by atoms with Gasteiger partial charge in [-0.3, -0.25) is 0 Å². The zero-order valence-corrected chi connectivity index (χ0v) is 6.74. The summed E-state index contributed by atoms with van der Waals surface area (Å²) in [5.41, 5.74) is 0.642. The molecule has 0 unspecified atom stereocenters. The van der Waals surface area contributed by atoms with Crippen LogP contribution in [-0.2, 0) is 0 Å². The van der Waals surface area contributed by atoms with Crippen LogP contribution >= 0.6 is 0 Å². The van der Waals surface area contributed by atoms with E-state index in [4.69, 9.17) is 5.11 Å². The number of halogens is 1. The van der Waals surface area contributed by atoms with E-state index in [9.17, 15) is 4.39 Å². The Morgan fingerprint density at radius 3 is 2.69 bits per heavy atom. The van der Waals surface area contributed by atoms with E-state index in [1.165, 1.54) is 6.07 Å². The van der Waals surface area contributed by atoms with E-state index in [0.717, 1.165) is 5.39 Å². The number of hydrogen-bond acceptors (Lipinski definition) is 2. The minimum atomic E-state index is -1.24. The van der Waals surface area contributed by atoms with Gasteiger partial charge in [-0.05, 0) is 12.1 Å². The van der Waals surface area contributed by atoms with Gasteiger partial charge in [-0.15, -0.1) is 0 Å². The second-order valence-electron chi connectivity index (χ2n) is 2.68. The molecular formula is C10H7FNO. The minimum absolute atomic E-state index is 0.0290. The molecule has 1 N–H and O–H groups in total. The van der Waals surface area contributed by atoms with Gasteiger partial charge in [-0.2, -0.15) is 4.39 Å². The molecule has 1 heterocycles. The van der Waals surface area contributed by atoms with Crippen molar-refractivity contribution in [3.05, 3.63) is 48.4 Å². The number of nitrogens with zero attached hydrogens (tertiary/aromatic N) is 1.